The first-order valence-corrected chi connectivity index (χ1v) is 9.12. The van der Waals surface area contributed by atoms with Crippen molar-refractivity contribution in [3.05, 3.63) is 22.8 Å². The summed E-state index contributed by atoms with van der Waals surface area (Å²) in [5.74, 6) is 0.839. The van der Waals surface area contributed by atoms with Crippen molar-refractivity contribution in [3.63, 3.8) is 0 Å². The van der Waals surface area contributed by atoms with E-state index in [2.05, 4.69) is 18.7 Å². The van der Waals surface area contributed by atoms with Crippen LogP contribution in [0.15, 0.2) is 12.1 Å². The van der Waals surface area contributed by atoms with E-state index in [1.165, 1.54) is 0 Å². The van der Waals surface area contributed by atoms with Gasteiger partial charge in [0.1, 0.15) is 11.4 Å². The van der Waals surface area contributed by atoms with Crippen molar-refractivity contribution in [2.45, 2.75) is 64.5 Å². The van der Waals surface area contributed by atoms with Crippen LogP contribution in [0.25, 0.3) is 0 Å². The van der Waals surface area contributed by atoms with Gasteiger partial charge in [-0.2, -0.15) is 0 Å². The molecule has 0 saturated carbocycles. The van der Waals surface area contributed by atoms with E-state index in [4.69, 9.17) is 21.3 Å². The van der Waals surface area contributed by atoms with Crippen molar-refractivity contribution < 1.29 is 9.84 Å². The number of hydrogen-bond acceptors (Lipinski definition) is 4. The molecule has 5 heteroatoms. The van der Waals surface area contributed by atoms with Gasteiger partial charge in [0, 0.05) is 11.6 Å². The second-order valence-electron chi connectivity index (χ2n) is 6.49. The number of aromatic nitrogens is 1. The summed E-state index contributed by atoms with van der Waals surface area (Å²) < 4.78 is 5.50. The largest absolute Gasteiger partial charge is 0.384 e. The molecular weight excluding hydrogens is 312 g/mol. The van der Waals surface area contributed by atoms with E-state index in [0.29, 0.717) is 30.4 Å². The molecule has 0 spiro atoms. The van der Waals surface area contributed by atoms with Crippen LogP contribution in [0.1, 0.15) is 58.6 Å². The second kappa shape index (κ2) is 8.32. The third-order valence-electron chi connectivity index (χ3n) is 4.69. The molecular formula is C18H29ClN2O2. The fraction of sp³-hybridized carbons (Fsp3) is 0.722. The zero-order chi connectivity index (χ0) is 16.9. The van der Waals surface area contributed by atoms with Crippen LogP contribution in [-0.4, -0.2) is 35.9 Å². The molecule has 1 fully saturated rings. The van der Waals surface area contributed by atoms with Gasteiger partial charge >= 0.3 is 0 Å². The third kappa shape index (κ3) is 4.59. The summed E-state index contributed by atoms with van der Waals surface area (Å²) in [7, 11) is 0. The summed E-state index contributed by atoms with van der Waals surface area (Å²) in [4.78, 5) is 6.97. The molecule has 0 aliphatic carbocycles. The van der Waals surface area contributed by atoms with E-state index in [1.54, 1.807) is 0 Å². The lowest BCUT2D eigenvalue weighted by molar-refractivity contribution is 0.0165. The topological polar surface area (TPSA) is 45.6 Å². The fourth-order valence-corrected chi connectivity index (χ4v) is 3.29. The number of halogens is 1. The lowest BCUT2D eigenvalue weighted by Gasteiger charge is -2.35. The highest BCUT2D eigenvalue weighted by Crippen LogP contribution is 2.33. The Bertz CT molecular complexity index is 512. The predicted octanol–water partition coefficient (Wildman–Crippen LogP) is 4.14. The molecule has 2 atom stereocenters. The van der Waals surface area contributed by atoms with Crippen LogP contribution >= 0.6 is 11.6 Å². The van der Waals surface area contributed by atoms with Crippen molar-refractivity contribution in [2.75, 3.05) is 24.7 Å². The first kappa shape index (κ1) is 18.5. The minimum Gasteiger partial charge on any atom is -0.384 e. The first-order chi connectivity index (χ1) is 11.0. The predicted molar refractivity (Wildman–Crippen MR) is 95.2 cm³/mol. The Kier molecular flexibility index (Phi) is 6.69. The van der Waals surface area contributed by atoms with Gasteiger partial charge in [0.25, 0.3) is 0 Å². The lowest BCUT2D eigenvalue weighted by atomic mass is 9.89. The molecule has 130 valence electrons. The highest BCUT2D eigenvalue weighted by atomic mass is 35.5. The number of nitrogens with zero attached hydrogens (tertiary/aromatic N) is 2. The lowest BCUT2D eigenvalue weighted by Crippen LogP contribution is -2.44. The summed E-state index contributed by atoms with van der Waals surface area (Å²) in [6.07, 6.45) is 4.62. The highest BCUT2D eigenvalue weighted by molar-refractivity contribution is 6.30. The Labute approximate surface area is 144 Å². The molecule has 23 heavy (non-hydrogen) atoms. The third-order valence-corrected chi connectivity index (χ3v) is 4.91. The summed E-state index contributed by atoms with van der Waals surface area (Å²) in [6.45, 7) is 8.48. The van der Waals surface area contributed by atoms with Gasteiger partial charge in [-0.05, 0) is 31.9 Å². The molecule has 0 radical (unpaired) electrons. The fourth-order valence-electron chi connectivity index (χ4n) is 3.09. The van der Waals surface area contributed by atoms with Crippen molar-refractivity contribution in [3.8, 4) is 0 Å². The van der Waals surface area contributed by atoms with Crippen molar-refractivity contribution in [2.24, 2.45) is 0 Å². The van der Waals surface area contributed by atoms with Gasteiger partial charge in [0.15, 0.2) is 0 Å². The zero-order valence-corrected chi connectivity index (χ0v) is 15.3. The number of morpholine rings is 1. The molecule has 2 heterocycles. The van der Waals surface area contributed by atoms with Crippen LogP contribution < -0.4 is 4.90 Å². The Hall–Kier alpha value is -0.840. The number of anilines is 1. The normalized spacial score (nSPS) is 21.3. The molecule has 1 aromatic heterocycles. The molecule has 1 unspecified atom stereocenters. The minimum absolute atomic E-state index is 0.261. The van der Waals surface area contributed by atoms with Crippen LogP contribution in [0, 0.1) is 0 Å². The standard InChI is InChI=1S/C18H29ClN2O2/c1-4-6-7-8-18(22,5-2)16-11-15(19)12-17(20-16)21-9-10-23-13-14(21)3/h11-12,14,22H,4-10,13H2,1-3H3/t14?,18-/m1/s1. The first-order valence-electron chi connectivity index (χ1n) is 8.75. The van der Waals surface area contributed by atoms with Crippen LogP contribution in [0.3, 0.4) is 0 Å². The maximum absolute atomic E-state index is 11.1. The SMILES string of the molecule is CCCCC[C@](O)(CC)c1cc(Cl)cc(N2CCOCC2C)n1. The Morgan fingerprint density at radius 1 is 1.39 bits per heavy atom. The van der Waals surface area contributed by atoms with E-state index >= 15 is 0 Å². The average Bonchev–Trinajstić information content (AvgIpc) is 2.54. The molecule has 0 aromatic carbocycles. The van der Waals surface area contributed by atoms with Crippen molar-refractivity contribution in [1.82, 2.24) is 4.98 Å². The van der Waals surface area contributed by atoms with E-state index < -0.39 is 5.60 Å². The molecule has 1 N–H and O–H groups in total. The highest BCUT2D eigenvalue weighted by Gasteiger charge is 2.30. The number of hydrogen-bond donors (Lipinski definition) is 1. The van der Waals surface area contributed by atoms with E-state index in [-0.39, 0.29) is 6.04 Å². The quantitative estimate of drug-likeness (QED) is 0.758. The van der Waals surface area contributed by atoms with Gasteiger partial charge < -0.3 is 14.7 Å². The summed E-state index contributed by atoms with van der Waals surface area (Å²) in [6, 6.07) is 3.96. The minimum atomic E-state index is -0.898. The van der Waals surface area contributed by atoms with Gasteiger partial charge in [-0.1, -0.05) is 44.7 Å². The van der Waals surface area contributed by atoms with Gasteiger partial charge in [0.05, 0.1) is 24.9 Å². The summed E-state index contributed by atoms with van der Waals surface area (Å²) >= 11 is 6.33. The Morgan fingerprint density at radius 2 is 2.17 bits per heavy atom. The maximum Gasteiger partial charge on any atom is 0.130 e. The summed E-state index contributed by atoms with van der Waals surface area (Å²) in [5.41, 5.74) is -0.207. The van der Waals surface area contributed by atoms with Crippen molar-refractivity contribution in [1.29, 1.82) is 0 Å². The van der Waals surface area contributed by atoms with Crippen LogP contribution in [0.5, 0.6) is 0 Å². The number of ether oxygens (including phenoxy) is 1. The molecule has 1 aliphatic heterocycles. The second-order valence-corrected chi connectivity index (χ2v) is 6.92. The number of rotatable bonds is 7. The Morgan fingerprint density at radius 3 is 2.83 bits per heavy atom. The van der Waals surface area contributed by atoms with E-state index in [1.807, 2.05) is 19.1 Å². The number of pyridine rings is 1. The van der Waals surface area contributed by atoms with Crippen LogP contribution in [0.4, 0.5) is 5.82 Å². The zero-order valence-electron chi connectivity index (χ0n) is 14.5. The van der Waals surface area contributed by atoms with Gasteiger partial charge in [-0.3, -0.25) is 0 Å². The Balaban J connectivity index is 2.27. The smallest absolute Gasteiger partial charge is 0.130 e. The van der Waals surface area contributed by atoms with Crippen molar-refractivity contribution >= 4 is 17.4 Å². The maximum atomic E-state index is 11.1. The number of aliphatic hydroxyl groups is 1. The molecule has 0 bridgehead atoms. The number of unbranched alkanes of at least 4 members (excludes halogenated alkanes) is 2. The van der Waals surface area contributed by atoms with E-state index in [9.17, 15) is 5.11 Å². The molecule has 1 aliphatic rings. The van der Waals surface area contributed by atoms with Crippen LogP contribution in [-0.2, 0) is 10.3 Å². The summed E-state index contributed by atoms with van der Waals surface area (Å²) in [5, 5.41) is 11.7. The van der Waals surface area contributed by atoms with E-state index in [0.717, 1.165) is 38.0 Å². The molecule has 1 saturated heterocycles. The molecule has 2 rings (SSSR count). The molecule has 4 nitrogen and oxygen atoms in total. The van der Waals surface area contributed by atoms with Gasteiger partial charge in [-0.15, -0.1) is 0 Å². The van der Waals surface area contributed by atoms with Gasteiger partial charge in [-0.25, -0.2) is 4.98 Å². The molecule has 1 aromatic rings. The monoisotopic (exact) mass is 340 g/mol. The average molecular weight is 341 g/mol. The van der Waals surface area contributed by atoms with Crippen LogP contribution in [0.2, 0.25) is 5.02 Å². The van der Waals surface area contributed by atoms with Gasteiger partial charge in [0.2, 0.25) is 0 Å². The molecule has 0 amide bonds.